The van der Waals surface area contributed by atoms with Gasteiger partial charge in [0.2, 0.25) is 0 Å². The standard InChI is InChI=1S/C15H13F2N3/c1-20(9-11-4-2-3-10(5-11)8-18)15-13(16)6-12(19)7-14(15)17/h2-7H,9,19H2,1H3. The lowest BCUT2D eigenvalue weighted by Gasteiger charge is -2.21. The first-order valence-corrected chi connectivity index (χ1v) is 5.96. The number of rotatable bonds is 3. The van der Waals surface area contributed by atoms with Crippen LogP contribution in [-0.4, -0.2) is 7.05 Å². The van der Waals surface area contributed by atoms with E-state index < -0.39 is 11.6 Å². The van der Waals surface area contributed by atoms with Crippen LogP contribution in [0.3, 0.4) is 0 Å². The van der Waals surface area contributed by atoms with Gasteiger partial charge in [0, 0.05) is 19.3 Å². The molecule has 2 N–H and O–H groups in total. The normalized spacial score (nSPS) is 10.1. The van der Waals surface area contributed by atoms with Crippen LogP contribution < -0.4 is 10.6 Å². The van der Waals surface area contributed by atoms with Gasteiger partial charge in [-0.1, -0.05) is 12.1 Å². The van der Waals surface area contributed by atoms with Crippen molar-refractivity contribution in [3.8, 4) is 6.07 Å². The second-order valence-electron chi connectivity index (χ2n) is 4.50. The number of hydrogen-bond acceptors (Lipinski definition) is 3. The van der Waals surface area contributed by atoms with Crippen LogP contribution in [-0.2, 0) is 6.54 Å². The molecule has 0 saturated heterocycles. The Hall–Kier alpha value is -2.61. The molecule has 2 aromatic rings. The summed E-state index contributed by atoms with van der Waals surface area (Å²) in [6.07, 6.45) is 0. The Morgan fingerprint density at radius 3 is 2.45 bits per heavy atom. The summed E-state index contributed by atoms with van der Waals surface area (Å²) in [6.45, 7) is 0.285. The van der Waals surface area contributed by atoms with E-state index in [1.807, 2.05) is 6.07 Å². The van der Waals surface area contributed by atoms with E-state index in [9.17, 15) is 8.78 Å². The van der Waals surface area contributed by atoms with Crippen LogP contribution in [0.1, 0.15) is 11.1 Å². The van der Waals surface area contributed by atoms with Crippen LogP contribution in [0.5, 0.6) is 0 Å². The van der Waals surface area contributed by atoms with Gasteiger partial charge in [-0.3, -0.25) is 0 Å². The third kappa shape index (κ3) is 2.86. The smallest absolute Gasteiger partial charge is 0.151 e. The lowest BCUT2D eigenvalue weighted by molar-refractivity contribution is 0.578. The number of nitriles is 1. The zero-order valence-electron chi connectivity index (χ0n) is 10.9. The predicted molar refractivity (Wildman–Crippen MR) is 74.0 cm³/mol. The molecular formula is C15H13F2N3. The molecule has 0 aliphatic carbocycles. The van der Waals surface area contributed by atoms with E-state index in [-0.39, 0.29) is 17.9 Å². The molecule has 0 aliphatic heterocycles. The highest BCUT2D eigenvalue weighted by molar-refractivity contribution is 5.55. The molecule has 0 unspecified atom stereocenters. The Balaban J connectivity index is 2.28. The van der Waals surface area contributed by atoms with Crippen molar-refractivity contribution in [2.75, 3.05) is 17.7 Å². The first kappa shape index (κ1) is 13.8. The van der Waals surface area contributed by atoms with Gasteiger partial charge in [0.1, 0.15) is 5.69 Å². The molecule has 5 heteroatoms. The van der Waals surface area contributed by atoms with Gasteiger partial charge in [-0.05, 0) is 29.8 Å². The molecule has 102 valence electrons. The molecule has 0 radical (unpaired) electrons. The Kier molecular flexibility index (Phi) is 3.85. The maximum absolute atomic E-state index is 13.8. The topological polar surface area (TPSA) is 53.0 Å². The number of anilines is 2. The quantitative estimate of drug-likeness (QED) is 0.874. The van der Waals surface area contributed by atoms with Gasteiger partial charge < -0.3 is 10.6 Å². The first-order chi connectivity index (χ1) is 9.51. The van der Waals surface area contributed by atoms with Crippen molar-refractivity contribution in [3.63, 3.8) is 0 Å². The van der Waals surface area contributed by atoms with E-state index in [2.05, 4.69) is 0 Å². The molecule has 20 heavy (non-hydrogen) atoms. The fourth-order valence-electron chi connectivity index (χ4n) is 2.04. The molecule has 0 bridgehead atoms. The highest BCUT2D eigenvalue weighted by Crippen LogP contribution is 2.26. The summed E-state index contributed by atoms with van der Waals surface area (Å²) in [5, 5.41) is 8.83. The summed E-state index contributed by atoms with van der Waals surface area (Å²) in [5.74, 6) is -1.41. The van der Waals surface area contributed by atoms with E-state index in [0.717, 1.165) is 17.7 Å². The third-order valence-corrected chi connectivity index (χ3v) is 2.90. The molecule has 3 nitrogen and oxygen atoms in total. The molecule has 2 rings (SSSR count). The van der Waals surface area contributed by atoms with Gasteiger partial charge in [-0.25, -0.2) is 8.78 Å². The Morgan fingerprint density at radius 1 is 1.20 bits per heavy atom. The molecule has 0 aliphatic rings. The van der Waals surface area contributed by atoms with Crippen molar-refractivity contribution in [2.45, 2.75) is 6.54 Å². The van der Waals surface area contributed by atoms with Crippen molar-refractivity contribution in [2.24, 2.45) is 0 Å². The Bertz CT molecular complexity index is 654. The molecular weight excluding hydrogens is 260 g/mol. The molecule has 0 amide bonds. The van der Waals surface area contributed by atoms with Crippen LogP contribution in [0.25, 0.3) is 0 Å². The zero-order chi connectivity index (χ0) is 14.7. The lowest BCUT2D eigenvalue weighted by atomic mass is 10.1. The van der Waals surface area contributed by atoms with Crippen molar-refractivity contribution < 1.29 is 8.78 Å². The maximum atomic E-state index is 13.8. The molecule has 0 fully saturated rings. The fraction of sp³-hybridized carbons (Fsp3) is 0.133. The number of nitrogens with zero attached hydrogens (tertiary/aromatic N) is 2. The molecule has 0 aromatic heterocycles. The van der Waals surface area contributed by atoms with Crippen LogP contribution in [0, 0.1) is 23.0 Å². The highest BCUT2D eigenvalue weighted by atomic mass is 19.1. The van der Waals surface area contributed by atoms with Gasteiger partial charge >= 0.3 is 0 Å². The predicted octanol–water partition coefficient (Wildman–Crippen LogP) is 3.06. The highest BCUT2D eigenvalue weighted by Gasteiger charge is 2.15. The van der Waals surface area contributed by atoms with Crippen LogP contribution in [0.4, 0.5) is 20.2 Å². The average Bonchev–Trinajstić information content (AvgIpc) is 2.37. The molecule has 0 saturated carbocycles. The van der Waals surface area contributed by atoms with E-state index in [1.54, 1.807) is 31.3 Å². The number of nitrogens with two attached hydrogens (primary N) is 1. The molecule has 0 spiro atoms. The summed E-state index contributed by atoms with van der Waals surface area (Å²) in [7, 11) is 1.58. The van der Waals surface area contributed by atoms with Gasteiger partial charge in [0.25, 0.3) is 0 Å². The lowest BCUT2D eigenvalue weighted by Crippen LogP contribution is -2.19. The minimum Gasteiger partial charge on any atom is -0.399 e. The van der Waals surface area contributed by atoms with Crippen LogP contribution >= 0.6 is 0 Å². The monoisotopic (exact) mass is 273 g/mol. The van der Waals surface area contributed by atoms with Crippen molar-refractivity contribution >= 4 is 11.4 Å². The van der Waals surface area contributed by atoms with Crippen molar-refractivity contribution in [1.82, 2.24) is 0 Å². The Labute approximate surface area is 115 Å². The van der Waals surface area contributed by atoms with E-state index >= 15 is 0 Å². The largest absolute Gasteiger partial charge is 0.399 e. The molecule has 2 aromatic carbocycles. The molecule has 0 atom stereocenters. The van der Waals surface area contributed by atoms with Crippen molar-refractivity contribution in [3.05, 3.63) is 59.2 Å². The van der Waals surface area contributed by atoms with Crippen molar-refractivity contribution in [1.29, 1.82) is 5.26 Å². The number of nitrogen functional groups attached to an aromatic ring is 1. The number of hydrogen-bond donors (Lipinski definition) is 1. The summed E-state index contributed by atoms with van der Waals surface area (Å²) in [4.78, 5) is 1.45. The van der Waals surface area contributed by atoms with E-state index in [4.69, 9.17) is 11.0 Å². The van der Waals surface area contributed by atoms with E-state index in [0.29, 0.717) is 5.56 Å². The van der Waals surface area contributed by atoms with Gasteiger partial charge in [-0.15, -0.1) is 0 Å². The molecule has 0 heterocycles. The maximum Gasteiger partial charge on any atom is 0.151 e. The summed E-state index contributed by atoms with van der Waals surface area (Å²) in [6, 6.07) is 11.1. The minimum atomic E-state index is -0.707. The fourth-order valence-corrected chi connectivity index (χ4v) is 2.04. The average molecular weight is 273 g/mol. The van der Waals surface area contributed by atoms with Crippen LogP contribution in [0.15, 0.2) is 36.4 Å². The number of benzene rings is 2. The third-order valence-electron chi connectivity index (χ3n) is 2.90. The van der Waals surface area contributed by atoms with Gasteiger partial charge in [-0.2, -0.15) is 5.26 Å². The number of halogens is 2. The summed E-state index contributed by atoms with van der Waals surface area (Å²) < 4.78 is 27.6. The van der Waals surface area contributed by atoms with Gasteiger partial charge in [0.05, 0.1) is 11.6 Å². The SMILES string of the molecule is CN(Cc1cccc(C#N)c1)c1c(F)cc(N)cc1F. The zero-order valence-corrected chi connectivity index (χ0v) is 10.9. The second kappa shape index (κ2) is 5.57. The second-order valence-corrected chi connectivity index (χ2v) is 4.50. The Morgan fingerprint density at radius 2 is 1.85 bits per heavy atom. The van der Waals surface area contributed by atoms with E-state index in [1.165, 1.54) is 4.90 Å². The minimum absolute atomic E-state index is 0.0450. The van der Waals surface area contributed by atoms with Crippen LogP contribution in [0.2, 0.25) is 0 Å². The summed E-state index contributed by atoms with van der Waals surface area (Å²) in [5.41, 5.74) is 6.59. The summed E-state index contributed by atoms with van der Waals surface area (Å²) >= 11 is 0. The first-order valence-electron chi connectivity index (χ1n) is 5.96. The van der Waals surface area contributed by atoms with Gasteiger partial charge in [0.15, 0.2) is 11.6 Å².